The third kappa shape index (κ3) is 3.54. The summed E-state index contributed by atoms with van der Waals surface area (Å²) in [6.07, 6.45) is 2.06. The predicted molar refractivity (Wildman–Crippen MR) is 77.5 cm³/mol. The van der Waals surface area contributed by atoms with E-state index < -0.39 is 0 Å². The third-order valence-electron chi connectivity index (χ3n) is 2.68. The van der Waals surface area contributed by atoms with Crippen molar-refractivity contribution in [3.05, 3.63) is 30.1 Å². The van der Waals surface area contributed by atoms with Gasteiger partial charge in [-0.25, -0.2) is 0 Å². The predicted octanol–water partition coefficient (Wildman–Crippen LogP) is 2.13. The molecule has 0 atom stereocenters. The lowest BCUT2D eigenvalue weighted by Gasteiger charge is -2.10. The zero-order valence-electron chi connectivity index (χ0n) is 11.5. The molecule has 1 aromatic heterocycles. The number of thioether (sulfide) groups is 1. The zero-order chi connectivity index (χ0) is 13.7. The summed E-state index contributed by atoms with van der Waals surface area (Å²) in [5, 5.41) is 15.3. The van der Waals surface area contributed by atoms with Gasteiger partial charge in [-0.15, -0.1) is 16.9 Å². The Morgan fingerprint density at radius 1 is 1.32 bits per heavy atom. The molecule has 1 heterocycles. The van der Waals surface area contributed by atoms with Crippen LogP contribution >= 0.6 is 11.8 Å². The molecule has 0 aliphatic carbocycles. The summed E-state index contributed by atoms with van der Waals surface area (Å²) in [4.78, 5) is 1.17. The second-order valence-electron chi connectivity index (χ2n) is 4.70. The van der Waals surface area contributed by atoms with E-state index >= 15 is 0 Å². The molecule has 2 aromatic rings. The van der Waals surface area contributed by atoms with E-state index in [1.165, 1.54) is 4.90 Å². The van der Waals surface area contributed by atoms with Crippen LogP contribution in [0, 0.1) is 5.92 Å². The molecular formula is C13H19N5S. The van der Waals surface area contributed by atoms with Crippen molar-refractivity contribution in [3.8, 4) is 5.69 Å². The Morgan fingerprint density at radius 3 is 2.84 bits per heavy atom. The van der Waals surface area contributed by atoms with Crippen LogP contribution in [0.2, 0.25) is 0 Å². The molecule has 0 fully saturated rings. The van der Waals surface area contributed by atoms with Gasteiger partial charge < -0.3 is 5.32 Å². The number of para-hydroxylation sites is 1. The highest BCUT2D eigenvalue weighted by Gasteiger charge is 2.11. The fourth-order valence-electron chi connectivity index (χ4n) is 1.78. The number of rotatable bonds is 6. The first kappa shape index (κ1) is 14.0. The van der Waals surface area contributed by atoms with Gasteiger partial charge in [-0.3, -0.25) is 0 Å². The van der Waals surface area contributed by atoms with Crippen LogP contribution in [0.5, 0.6) is 0 Å². The summed E-state index contributed by atoms with van der Waals surface area (Å²) in [5.41, 5.74) is 1.03. The molecule has 0 aliphatic heterocycles. The molecule has 0 amide bonds. The highest BCUT2D eigenvalue weighted by Crippen LogP contribution is 2.23. The summed E-state index contributed by atoms with van der Waals surface area (Å²) in [7, 11) is 0. The zero-order valence-corrected chi connectivity index (χ0v) is 12.3. The summed E-state index contributed by atoms with van der Waals surface area (Å²) in [6, 6.07) is 8.14. The lowest BCUT2D eigenvalue weighted by molar-refractivity contribution is 0.537. The van der Waals surface area contributed by atoms with Crippen LogP contribution in [0.25, 0.3) is 5.69 Å². The largest absolute Gasteiger partial charge is 0.310 e. The Balaban J connectivity index is 2.19. The van der Waals surface area contributed by atoms with Gasteiger partial charge in [0.25, 0.3) is 0 Å². The maximum Gasteiger partial charge on any atom is 0.170 e. The molecule has 0 radical (unpaired) electrons. The summed E-state index contributed by atoms with van der Waals surface area (Å²) in [6.45, 7) is 5.99. The van der Waals surface area contributed by atoms with Gasteiger partial charge in [0.05, 0.1) is 12.2 Å². The van der Waals surface area contributed by atoms with Crippen LogP contribution in [0.1, 0.15) is 19.7 Å². The first-order valence-electron chi connectivity index (χ1n) is 6.33. The van der Waals surface area contributed by atoms with Crippen LogP contribution in [0.4, 0.5) is 0 Å². The first-order valence-corrected chi connectivity index (χ1v) is 7.56. The average molecular weight is 277 g/mol. The SMILES string of the molecule is CSc1ccccc1-n1nnnc1CNCC(C)C. The average Bonchev–Trinajstić information content (AvgIpc) is 2.86. The molecule has 19 heavy (non-hydrogen) atoms. The smallest absolute Gasteiger partial charge is 0.170 e. The Labute approximate surface area is 117 Å². The van der Waals surface area contributed by atoms with Crippen molar-refractivity contribution >= 4 is 11.8 Å². The standard InChI is InChI=1S/C13H19N5S/c1-10(2)8-14-9-13-15-16-17-18(13)11-6-4-5-7-12(11)19-3/h4-7,10,14H,8-9H2,1-3H3. The molecular weight excluding hydrogens is 258 g/mol. The van der Waals surface area contributed by atoms with Crippen molar-refractivity contribution < 1.29 is 0 Å². The number of nitrogens with one attached hydrogen (secondary N) is 1. The van der Waals surface area contributed by atoms with Crippen molar-refractivity contribution in [1.82, 2.24) is 25.5 Å². The van der Waals surface area contributed by atoms with Crippen LogP contribution in [0.15, 0.2) is 29.2 Å². The van der Waals surface area contributed by atoms with Gasteiger partial charge in [0.2, 0.25) is 0 Å². The molecule has 6 heteroatoms. The van der Waals surface area contributed by atoms with E-state index in [0.717, 1.165) is 18.1 Å². The van der Waals surface area contributed by atoms with Gasteiger partial charge in [0.1, 0.15) is 0 Å². The van der Waals surface area contributed by atoms with Gasteiger partial charge in [-0.05, 0) is 41.3 Å². The van der Waals surface area contributed by atoms with E-state index in [2.05, 4.69) is 47.0 Å². The maximum absolute atomic E-state index is 4.10. The van der Waals surface area contributed by atoms with Crippen molar-refractivity contribution in [2.45, 2.75) is 25.3 Å². The van der Waals surface area contributed by atoms with Gasteiger partial charge in [-0.2, -0.15) is 4.68 Å². The molecule has 0 aliphatic rings. The van der Waals surface area contributed by atoms with Crippen molar-refractivity contribution in [1.29, 1.82) is 0 Å². The monoisotopic (exact) mass is 277 g/mol. The molecule has 102 valence electrons. The molecule has 0 bridgehead atoms. The number of nitrogens with zero attached hydrogens (tertiary/aromatic N) is 4. The minimum Gasteiger partial charge on any atom is -0.310 e. The second-order valence-corrected chi connectivity index (χ2v) is 5.55. The maximum atomic E-state index is 4.10. The minimum absolute atomic E-state index is 0.614. The molecule has 0 spiro atoms. The molecule has 0 saturated heterocycles. The van der Waals surface area contributed by atoms with E-state index in [9.17, 15) is 0 Å². The number of tetrazole rings is 1. The molecule has 0 saturated carbocycles. The van der Waals surface area contributed by atoms with Crippen molar-refractivity contribution in [3.63, 3.8) is 0 Å². The highest BCUT2D eigenvalue weighted by molar-refractivity contribution is 7.98. The summed E-state index contributed by atoms with van der Waals surface area (Å²) in [5.74, 6) is 1.45. The Bertz CT molecular complexity index is 523. The number of hydrogen-bond donors (Lipinski definition) is 1. The molecule has 1 N–H and O–H groups in total. The van der Waals surface area contributed by atoms with E-state index in [1.54, 1.807) is 16.4 Å². The number of aromatic nitrogens is 4. The summed E-state index contributed by atoms with van der Waals surface area (Å²) >= 11 is 1.69. The van der Waals surface area contributed by atoms with Crippen LogP contribution in [-0.2, 0) is 6.54 Å². The molecule has 2 rings (SSSR count). The van der Waals surface area contributed by atoms with Crippen LogP contribution in [-0.4, -0.2) is 33.0 Å². The quantitative estimate of drug-likeness (QED) is 0.820. The number of hydrogen-bond acceptors (Lipinski definition) is 5. The van der Waals surface area contributed by atoms with Crippen LogP contribution in [0.3, 0.4) is 0 Å². The lowest BCUT2D eigenvalue weighted by Crippen LogP contribution is -2.21. The lowest BCUT2D eigenvalue weighted by atomic mass is 10.2. The van der Waals surface area contributed by atoms with Crippen molar-refractivity contribution in [2.75, 3.05) is 12.8 Å². The minimum atomic E-state index is 0.614. The van der Waals surface area contributed by atoms with Gasteiger partial charge in [0, 0.05) is 4.90 Å². The Morgan fingerprint density at radius 2 is 2.11 bits per heavy atom. The number of benzene rings is 1. The van der Waals surface area contributed by atoms with E-state index in [4.69, 9.17) is 0 Å². The van der Waals surface area contributed by atoms with E-state index in [0.29, 0.717) is 12.5 Å². The molecule has 0 unspecified atom stereocenters. The van der Waals surface area contributed by atoms with E-state index in [-0.39, 0.29) is 0 Å². The second kappa shape index (κ2) is 6.68. The Kier molecular flexibility index (Phi) is 4.93. The van der Waals surface area contributed by atoms with Gasteiger partial charge in [0.15, 0.2) is 5.82 Å². The van der Waals surface area contributed by atoms with Gasteiger partial charge >= 0.3 is 0 Å². The normalized spacial score (nSPS) is 11.2. The molecule has 1 aromatic carbocycles. The topological polar surface area (TPSA) is 55.6 Å². The van der Waals surface area contributed by atoms with Gasteiger partial charge in [-0.1, -0.05) is 26.0 Å². The third-order valence-corrected chi connectivity index (χ3v) is 3.47. The highest BCUT2D eigenvalue weighted by atomic mass is 32.2. The summed E-state index contributed by atoms with van der Waals surface area (Å²) < 4.78 is 1.80. The Hall–Kier alpha value is -1.40. The molecule has 5 nitrogen and oxygen atoms in total. The van der Waals surface area contributed by atoms with Crippen molar-refractivity contribution in [2.24, 2.45) is 5.92 Å². The fourth-order valence-corrected chi connectivity index (χ4v) is 2.36. The van der Waals surface area contributed by atoms with Crippen LogP contribution < -0.4 is 5.32 Å². The fraction of sp³-hybridized carbons (Fsp3) is 0.462. The van der Waals surface area contributed by atoms with E-state index in [1.807, 2.05) is 18.2 Å². The first-order chi connectivity index (χ1) is 9.22.